The van der Waals surface area contributed by atoms with Gasteiger partial charge in [-0.05, 0) is 38.1 Å². The zero-order valence-corrected chi connectivity index (χ0v) is 9.84. The summed E-state index contributed by atoms with van der Waals surface area (Å²) in [4.78, 5) is 2.57. The fourth-order valence-corrected chi connectivity index (χ4v) is 2.03. The van der Waals surface area contributed by atoms with Gasteiger partial charge < -0.3 is 10.6 Å². The Labute approximate surface area is 88.8 Å². The normalized spacial score (nSPS) is 18.9. The molecule has 0 spiro atoms. The largest absolute Gasteiger partial charge is 0.327 e. The van der Waals surface area contributed by atoms with Crippen LogP contribution in [0, 0.1) is 5.92 Å². The van der Waals surface area contributed by atoms with Crippen molar-refractivity contribution in [2.45, 2.75) is 52.0 Å². The maximum atomic E-state index is 6.07. The van der Waals surface area contributed by atoms with E-state index in [-0.39, 0.29) is 0 Å². The molecule has 0 radical (unpaired) electrons. The summed E-state index contributed by atoms with van der Waals surface area (Å²) in [6, 6.07) is 0.394. The summed E-state index contributed by atoms with van der Waals surface area (Å²) in [5.74, 6) is 0.996. The Bertz CT molecular complexity index is 143. The molecule has 1 unspecified atom stereocenters. The predicted octanol–water partition coefficient (Wildman–Crippen LogP) is 2.24. The minimum absolute atomic E-state index is 0.394. The first-order valence-corrected chi connectivity index (χ1v) is 6.24. The summed E-state index contributed by atoms with van der Waals surface area (Å²) in [7, 11) is 0. The van der Waals surface area contributed by atoms with Crippen molar-refractivity contribution >= 4 is 0 Å². The van der Waals surface area contributed by atoms with Crippen molar-refractivity contribution in [1.82, 2.24) is 4.90 Å². The lowest BCUT2D eigenvalue weighted by atomic mass is 10.1. The van der Waals surface area contributed by atoms with Gasteiger partial charge in [0, 0.05) is 19.1 Å². The lowest BCUT2D eigenvalue weighted by molar-refractivity contribution is 0.243. The van der Waals surface area contributed by atoms with Crippen LogP contribution in [0.15, 0.2) is 0 Å². The van der Waals surface area contributed by atoms with E-state index in [0.29, 0.717) is 6.04 Å². The number of nitrogens with zero attached hydrogens (tertiary/aromatic N) is 1. The van der Waals surface area contributed by atoms with Crippen LogP contribution >= 0.6 is 0 Å². The highest BCUT2D eigenvalue weighted by molar-refractivity contribution is 4.79. The summed E-state index contributed by atoms with van der Waals surface area (Å²) >= 11 is 0. The van der Waals surface area contributed by atoms with E-state index in [9.17, 15) is 0 Å². The first-order valence-electron chi connectivity index (χ1n) is 6.24. The number of hydrogen-bond acceptors (Lipinski definition) is 2. The summed E-state index contributed by atoms with van der Waals surface area (Å²) in [6.45, 7) is 8.10. The van der Waals surface area contributed by atoms with Crippen LogP contribution in [0.4, 0.5) is 0 Å². The zero-order valence-electron chi connectivity index (χ0n) is 9.84. The second-order valence-corrected chi connectivity index (χ2v) is 4.75. The van der Waals surface area contributed by atoms with E-state index in [2.05, 4.69) is 18.7 Å². The van der Waals surface area contributed by atoms with Crippen LogP contribution in [0.3, 0.4) is 0 Å². The fourth-order valence-electron chi connectivity index (χ4n) is 2.03. The van der Waals surface area contributed by atoms with Gasteiger partial charge in [-0.2, -0.15) is 0 Å². The standard InChI is InChI=1S/C12H26N2/c1-3-5-12(13)10-14(8-4-2)9-11-6-7-11/h11-12H,3-10,13H2,1-2H3. The van der Waals surface area contributed by atoms with Crippen LogP contribution in [-0.2, 0) is 0 Å². The molecule has 0 aromatic carbocycles. The topological polar surface area (TPSA) is 29.3 Å². The van der Waals surface area contributed by atoms with Crippen molar-refractivity contribution in [2.75, 3.05) is 19.6 Å². The maximum absolute atomic E-state index is 6.07. The summed E-state index contributed by atoms with van der Waals surface area (Å²) in [6.07, 6.45) is 6.54. The Morgan fingerprint density at radius 3 is 2.50 bits per heavy atom. The average Bonchev–Trinajstić information content (AvgIpc) is 2.89. The molecule has 0 heterocycles. The van der Waals surface area contributed by atoms with Crippen molar-refractivity contribution in [3.05, 3.63) is 0 Å². The van der Waals surface area contributed by atoms with Gasteiger partial charge in [-0.25, -0.2) is 0 Å². The molecule has 1 aliphatic rings. The molecule has 2 nitrogen and oxygen atoms in total. The quantitative estimate of drug-likeness (QED) is 0.648. The van der Waals surface area contributed by atoms with E-state index >= 15 is 0 Å². The molecule has 84 valence electrons. The highest BCUT2D eigenvalue weighted by Gasteiger charge is 2.24. The fraction of sp³-hybridized carbons (Fsp3) is 1.00. The highest BCUT2D eigenvalue weighted by Crippen LogP contribution is 2.29. The van der Waals surface area contributed by atoms with Gasteiger partial charge in [-0.1, -0.05) is 20.3 Å². The van der Waals surface area contributed by atoms with Crippen molar-refractivity contribution in [3.8, 4) is 0 Å². The summed E-state index contributed by atoms with van der Waals surface area (Å²) in [5, 5.41) is 0. The van der Waals surface area contributed by atoms with Crippen molar-refractivity contribution in [3.63, 3.8) is 0 Å². The monoisotopic (exact) mass is 198 g/mol. The second kappa shape index (κ2) is 6.41. The van der Waals surface area contributed by atoms with E-state index in [1.165, 1.54) is 45.2 Å². The van der Waals surface area contributed by atoms with Crippen LogP contribution in [0.5, 0.6) is 0 Å². The van der Waals surface area contributed by atoms with E-state index in [1.807, 2.05) is 0 Å². The number of rotatable bonds is 8. The summed E-state index contributed by atoms with van der Waals surface area (Å²) in [5.41, 5.74) is 6.07. The van der Waals surface area contributed by atoms with Crippen LogP contribution in [-0.4, -0.2) is 30.6 Å². The van der Waals surface area contributed by atoms with Crippen molar-refractivity contribution in [1.29, 1.82) is 0 Å². The van der Waals surface area contributed by atoms with Crippen LogP contribution in [0.25, 0.3) is 0 Å². The van der Waals surface area contributed by atoms with Gasteiger partial charge in [-0.15, -0.1) is 0 Å². The van der Waals surface area contributed by atoms with Crippen LogP contribution in [0.1, 0.15) is 46.0 Å². The van der Waals surface area contributed by atoms with E-state index in [4.69, 9.17) is 5.73 Å². The lowest BCUT2D eigenvalue weighted by Gasteiger charge is -2.24. The highest BCUT2D eigenvalue weighted by atomic mass is 15.1. The predicted molar refractivity (Wildman–Crippen MR) is 62.3 cm³/mol. The third-order valence-corrected chi connectivity index (χ3v) is 2.91. The minimum atomic E-state index is 0.394. The van der Waals surface area contributed by atoms with Crippen LogP contribution in [0.2, 0.25) is 0 Å². The van der Waals surface area contributed by atoms with Crippen LogP contribution < -0.4 is 5.73 Å². The Balaban J connectivity index is 2.18. The van der Waals surface area contributed by atoms with Gasteiger partial charge in [0.2, 0.25) is 0 Å². The smallest absolute Gasteiger partial charge is 0.0167 e. The molecule has 2 heteroatoms. The maximum Gasteiger partial charge on any atom is 0.0167 e. The zero-order chi connectivity index (χ0) is 10.4. The van der Waals surface area contributed by atoms with Gasteiger partial charge in [0.05, 0.1) is 0 Å². The Hall–Kier alpha value is -0.0800. The number of hydrogen-bond donors (Lipinski definition) is 1. The molecule has 0 aromatic rings. The molecule has 1 aliphatic carbocycles. The van der Waals surface area contributed by atoms with Gasteiger partial charge in [0.1, 0.15) is 0 Å². The molecule has 2 N–H and O–H groups in total. The third kappa shape index (κ3) is 4.97. The SMILES string of the molecule is CCCC(N)CN(CCC)CC1CC1. The van der Waals surface area contributed by atoms with E-state index in [1.54, 1.807) is 0 Å². The average molecular weight is 198 g/mol. The first-order chi connectivity index (χ1) is 6.76. The third-order valence-electron chi connectivity index (χ3n) is 2.91. The second-order valence-electron chi connectivity index (χ2n) is 4.75. The first kappa shape index (κ1) is 12.0. The molecule has 0 aliphatic heterocycles. The molecule has 1 fully saturated rings. The minimum Gasteiger partial charge on any atom is -0.327 e. The molecule has 0 bridgehead atoms. The van der Waals surface area contributed by atoms with Gasteiger partial charge in [-0.3, -0.25) is 0 Å². The van der Waals surface area contributed by atoms with Crippen molar-refractivity contribution in [2.24, 2.45) is 11.7 Å². The molecule has 1 saturated carbocycles. The van der Waals surface area contributed by atoms with Gasteiger partial charge >= 0.3 is 0 Å². The Kier molecular flexibility index (Phi) is 5.49. The number of nitrogens with two attached hydrogens (primary N) is 1. The molecular weight excluding hydrogens is 172 g/mol. The molecular formula is C12H26N2. The molecule has 0 amide bonds. The van der Waals surface area contributed by atoms with Gasteiger partial charge in [0.15, 0.2) is 0 Å². The Morgan fingerprint density at radius 1 is 1.29 bits per heavy atom. The van der Waals surface area contributed by atoms with E-state index in [0.717, 1.165) is 12.5 Å². The van der Waals surface area contributed by atoms with E-state index < -0.39 is 0 Å². The summed E-state index contributed by atoms with van der Waals surface area (Å²) < 4.78 is 0. The lowest BCUT2D eigenvalue weighted by Crippen LogP contribution is -2.39. The molecule has 0 aromatic heterocycles. The molecule has 0 saturated heterocycles. The van der Waals surface area contributed by atoms with Crippen molar-refractivity contribution < 1.29 is 0 Å². The molecule has 1 atom stereocenters. The van der Waals surface area contributed by atoms with Gasteiger partial charge in [0.25, 0.3) is 0 Å². The molecule has 1 rings (SSSR count). The Morgan fingerprint density at radius 2 is 2.00 bits per heavy atom. The molecule has 14 heavy (non-hydrogen) atoms.